The van der Waals surface area contributed by atoms with Crippen molar-refractivity contribution in [1.82, 2.24) is 9.97 Å². The number of hydrogen-bond acceptors (Lipinski definition) is 2. The Morgan fingerprint density at radius 1 is 1.05 bits per heavy atom. The van der Waals surface area contributed by atoms with Crippen molar-refractivity contribution in [3.63, 3.8) is 0 Å². The summed E-state index contributed by atoms with van der Waals surface area (Å²) in [6.07, 6.45) is 0. The van der Waals surface area contributed by atoms with Crippen LogP contribution in [-0.4, -0.2) is 9.97 Å². The van der Waals surface area contributed by atoms with Crippen molar-refractivity contribution in [3.05, 3.63) is 56.6 Å². The molecule has 1 aromatic heterocycles. The predicted octanol–water partition coefficient (Wildman–Crippen LogP) is 5.67. The Morgan fingerprint density at radius 2 is 1.85 bits per heavy atom. The first-order valence-electron chi connectivity index (χ1n) is 5.94. The van der Waals surface area contributed by atoms with Gasteiger partial charge in [-0.15, -0.1) is 0 Å². The van der Waals surface area contributed by atoms with Crippen molar-refractivity contribution < 1.29 is 0 Å². The van der Waals surface area contributed by atoms with E-state index in [1.165, 1.54) is 0 Å². The van der Waals surface area contributed by atoms with Gasteiger partial charge in [0.1, 0.15) is 5.15 Å². The number of aromatic nitrogens is 2. The Bertz CT molecular complexity index is 818. The van der Waals surface area contributed by atoms with Gasteiger partial charge in [0.05, 0.1) is 10.5 Å². The van der Waals surface area contributed by atoms with Gasteiger partial charge < -0.3 is 0 Å². The highest BCUT2D eigenvalue weighted by atomic mass is 79.9. The SMILES string of the molecule is Cc1cccc2c(Cl)nc(-c3cc(Br)ccc3Cl)nc12. The van der Waals surface area contributed by atoms with Crippen molar-refractivity contribution >= 4 is 50.0 Å². The molecule has 2 nitrogen and oxygen atoms in total. The minimum absolute atomic E-state index is 0.435. The first-order chi connectivity index (χ1) is 9.56. The van der Waals surface area contributed by atoms with E-state index in [2.05, 4.69) is 25.9 Å². The molecule has 0 fully saturated rings. The molecule has 0 unspecified atom stereocenters. The molecule has 0 spiro atoms. The summed E-state index contributed by atoms with van der Waals surface area (Å²) in [6, 6.07) is 11.4. The normalized spacial score (nSPS) is 11.0. The first kappa shape index (κ1) is 13.8. The summed E-state index contributed by atoms with van der Waals surface area (Å²) in [5.74, 6) is 0.531. The van der Waals surface area contributed by atoms with Gasteiger partial charge in [-0.05, 0) is 36.8 Å². The molecule has 2 aromatic carbocycles. The summed E-state index contributed by atoms with van der Waals surface area (Å²) in [5.41, 5.74) is 2.66. The van der Waals surface area contributed by atoms with Crippen LogP contribution in [0.2, 0.25) is 10.2 Å². The van der Waals surface area contributed by atoms with Crippen molar-refractivity contribution in [1.29, 1.82) is 0 Å². The second-order valence-electron chi connectivity index (χ2n) is 4.43. The Morgan fingerprint density at radius 3 is 2.65 bits per heavy atom. The number of fused-ring (bicyclic) bond motifs is 1. The number of nitrogens with zero attached hydrogens (tertiary/aromatic N) is 2. The smallest absolute Gasteiger partial charge is 0.163 e. The molecule has 0 saturated heterocycles. The minimum atomic E-state index is 0.435. The molecular weight excluding hydrogens is 359 g/mol. The summed E-state index contributed by atoms with van der Waals surface area (Å²) >= 11 is 15.9. The average molecular weight is 368 g/mol. The third kappa shape index (κ3) is 2.41. The van der Waals surface area contributed by atoms with E-state index < -0.39 is 0 Å². The van der Waals surface area contributed by atoms with Gasteiger partial charge in [-0.1, -0.05) is 51.3 Å². The van der Waals surface area contributed by atoms with Crippen LogP contribution in [-0.2, 0) is 0 Å². The molecule has 3 rings (SSSR count). The maximum Gasteiger partial charge on any atom is 0.163 e. The quantitative estimate of drug-likeness (QED) is 0.517. The van der Waals surface area contributed by atoms with Crippen molar-refractivity contribution in [2.24, 2.45) is 0 Å². The summed E-state index contributed by atoms with van der Waals surface area (Å²) < 4.78 is 0.918. The van der Waals surface area contributed by atoms with E-state index >= 15 is 0 Å². The lowest BCUT2D eigenvalue weighted by atomic mass is 10.1. The number of hydrogen-bond donors (Lipinski definition) is 0. The van der Waals surface area contributed by atoms with E-state index in [9.17, 15) is 0 Å². The fourth-order valence-corrected chi connectivity index (χ4v) is 2.84. The van der Waals surface area contributed by atoms with Crippen LogP contribution in [0.15, 0.2) is 40.9 Å². The number of halogens is 3. The van der Waals surface area contributed by atoms with Gasteiger partial charge in [0.25, 0.3) is 0 Å². The highest BCUT2D eigenvalue weighted by Crippen LogP contribution is 2.32. The van der Waals surface area contributed by atoms with Gasteiger partial charge in [-0.2, -0.15) is 0 Å². The maximum absolute atomic E-state index is 6.27. The molecule has 0 amide bonds. The predicted molar refractivity (Wildman–Crippen MR) is 87.4 cm³/mol. The van der Waals surface area contributed by atoms with Crippen LogP contribution >= 0.6 is 39.1 Å². The Hall–Kier alpha value is -1.16. The summed E-state index contributed by atoms with van der Waals surface area (Å²) in [7, 11) is 0. The molecule has 5 heteroatoms. The highest BCUT2D eigenvalue weighted by molar-refractivity contribution is 9.10. The maximum atomic E-state index is 6.27. The fraction of sp³-hybridized carbons (Fsp3) is 0.0667. The first-order valence-corrected chi connectivity index (χ1v) is 7.49. The van der Waals surface area contributed by atoms with Crippen LogP contribution in [0.25, 0.3) is 22.3 Å². The molecule has 3 aromatic rings. The van der Waals surface area contributed by atoms with Crippen LogP contribution in [0.3, 0.4) is 0 Å². The number of benzene rings is 2. The van der Waals surface area contributed by atoms with Gasteiger partial charge in [0, 0.05) is 15.4 Å². The molecule has 0 saturated carbocycles. The van der Waals surface area contributed by atoms with Crippen molar-refractivity contribution in [2.45, 2.75) is 6.92 Å². The summed E-state index contributed by atoms with van der Waals surface area (Å²) in [6.45, 7) is 2.00. The average Bonchev–Trinajstić information content (AvgIpc) is 2.42. The van der Waals surface area contributed by atoms with Crippen LogP contribution < -0.4 is 0 Å². The van der Waals surface area contributed by atoms with Gasteiger partial charge in [0.15, 0.2) is 5.82 Å². The highest BCUT2D eigenvalue weighted by Gasteiger charge is 2.12. The minimum Gasteiger partial charge on any atom is -0.228 e. The molecular formula is C15H9BrCl2N2. The molecule has 0 aliphatic heterocycles. The lowest BCUT2D eigenvalue weighted by Crippen LogP contribution is -1.94. The molecule has 1 heterocycles. The van der Waals surface area contributed by atoms with Crippen molar-refractivity contribution in [3.8, 4) is 11.4 Å². The van der Waals surface area contributed by atoms with E-state index in [1.807, 2.05) is 37.3 Å². The second kappa shape index (κ2) is 5.32. The summed E-state index contributed by atoms with van der Waals surface area (Å²) in [5, 5.41) is 1.88. The van der Waals surface area contributed by atoms with Gasteiger partial charge in [-0.3, -0.25) is 0 Å². The van der Waals surface area contributed by atoms with Crippen LogP contribution in [0.5, 0.6) is 0 Å². The topological polar surface area (TPSA) is 25.8 Å². The monoisotopic (exact) mass is 366 g/mol. The number of aryl methyl sites for hydroxylation is 1. The second-order valence-corrected chi connectivity index (χ2v) is 6.11. The molecule has 0 atom stereocenters. The molecule has 0 N–H and O–H groups in total. The molecule has 20 heavy (non-hydrogen) atoms. The van der Waals surface area contributed by atoms with E-state index in [1.54, 1.807) is 6.07 Å². The van der Waals surface area contributed by atoms with E-state index in [0.717, 1.165) is 26.5 Å². The number of para-hydroxylation sites is 1. The Labute approximate surface area is 134 Å². The molecule has 100 valence electrons. The zero-order chi connectivity index (χ0) is 14.3. The van der Waals surface area contributed by atoms with Gasteiger partial charge in [0.2, 0.25) is 0 Å². The number of rotatable bonds is 1. The molecule has 0 aliphatic rings. The van der Waals surface area contributed by atoms with Crippen LogP contribution in [0, 0.1) is 6.92 Å². The van der Waals surface area contributed by atoms with Crippen LogP contribution in [0.1, 0.15) is 5.56 Å². The van der Waals surface area contributed by atoms with Crippen molar-refractivity contribution in [2.75, 3.05) is 0 Å². The zero-order valence-electron chi connectivity index (χ0n) is 10.5. The van der Waals surface area contributed by atoms with Gasteiger partial charge in [-0.25, -0.2) is 9.97 Å². The standard InChI is InChI=1S/C15H9BrCl2N2/c1-8-3-2-4-10-13(8)19-15(20-14(10)18)11-7-9(16)5-6-12(11)17/h2-7H,1H3. The Kier molecular flexibility index (Phi) is 3.67. The third-order valence-corrected chi connectivity index (χ3v) is 4.16. The van der Waals surface area contributed by atoms with E-state index in [0.29, 0.717) is 16.0 Å². The molecule has 0 aliphatic carbocycles. The zero-order valence-corrected chi connectivity index (χ0v) is 13.6. The summed E-state index contributed by atoms with van der Waals surface area (Å²) in [4.78, 5) is 8.97. The lowest BCUT2D eigenvalue weighted by molar-refractivity contribution is 1.22. The molecule has 0 radical (unpaired) electrons. The van der Waals surface area contributed by atoms with E-state index in [4.69, 9.17) is 23.2 Å². The third-order valence-electron chi connectivity index (χ3n) is 3.05. The Balaban J connectivity index is 2.32. The lowest BCUT2D eigenvalue weighted by Gasteiger charge is -2.08. The largest absolute Gasteiger partial charge is 0.228 e. The van der Waals surface area contributed by atoms with E-state index in [-0.39, 0.29) is 0 Å². The van der Waals surface area contributed by atoms with Gasteiger partial charge >= 0.3 is 0 Å². The fourth-order valence-electron chi connectivity index (χ4n) is 2.05. The molecule has 0 bridgehead atoms. The van der Waals surface area contributed by atoms with Crippen LogP contribution in [0.4, 0.5) is 0 Å².